The van der Waals surface area contributed by atoms with Crippen LogP contribution >= 0.6 is 0 Å². The third kappa shape index (κ3) is 1.37. The minimum Gasteiger partial charge on any atom is -0.481 e. The topological polar surface area (TPSA) is 57.6 Å². The van der Waals surface area contributed by atoms with Crippen LogP contribution in [0.25, 0.3) is 0 Å². The number of hydrogen-bond donors (Lipinski definition) is 1. The van der Waals surface area contributed by atoms with Crippen LogP contribution in [0.5, 0.6) is 0 Å². The standard InChI is InChI=1S/C13H13NO3/c1-7-4-2-3-5-9(7)14-6-8-10(12(14)15)11(8)13(16)17/h2-5,8,10-11H,6H2,1H3,(H,16,17). The highest BCUT2D eigenvalue weighted by Crippen LogP contribution is 2.53. The van der Waals surface area contributed by atoms with Crippen molar-refractivity contribution < 1.29 is 14.7 Å². The highest BCUT2D eigenvalue weighted by Gasteiger charge is 2.65. The second-order valence-corrected chi connectivity index (χ2v) is 4.79. The first-order valence-electron chi connectivity index (χ1n) is 5.71. The highest BCUT2D eigenvalue weighted by atomic mass is 16.4. The molecule has 1 saturated carbocycles. The largest absolute Gasteiger partial charge is 0.481 e. The summed E-state index contributed by atoms with van der Waals surface area (Å²) in [7, 11) is 0. The second-order valence-electron chi connectivity index (χ2n) is 4.79. The minimum absolute atomic E-state index is 0.0135. The zero-order chi connectivity index (χ0) is 12.2. The van der Waals surface area contributed by atoms with E-state index in [1.165, 1.54) is 0 Å². The van der Waals surface area contributed by atoms with Crippen LogP contribution in [-0.2, 0) is 9.59 Å². The number of carbonyl (C=O) groups is 2. The summed E-state index contributed by atoms with van der Waals surface area (Å²) >= 11 is 0. The quantitative estimate of drug-likeness (QED) is 0.834. The third-order valence-electron chi connectivity index (χ3n) is 3.80. The maximum absolute atomic E-state index is 12.1. The summed E-state index contributed by atoms with van der Waals surface area (Å²) in [6.07, 6.45) is 0. The van der Waals surface area contributed by atoms with Crippen LogP contribution < -0.4 is 4.90 Å². The molecule has 2 aliphatic rings. The maximum Gasteiger partial charge on any atom is 0.307 e. The molecule has 0 spiro atoms. The first-order chi connectivity index (χ1) is 8.11. The smallest absolute Gasteiger partial charge is 0.307 e. The number of carboxylic acids is 1. The number of para-hydroxylation sites is 1. The summed E-state index contributed by atoms with van der Waals surface area (Å²) in [6, 6.07) is 7.70. The van der Waals surface area contributed by atoms with Gasteiger partial charge in [-0.15, -0.1) is 0 Å². The molecule has 17 heavy (non-hydrogen) atoms. The van der Waals surface area contributed by atoms with Crippen LogP contribution in [0.4, 0.5) is 5.69 Å². The molecule has 1 heterocycles. The first-order valence-corrected chi connectivity index (χ1v) is 5.71. The van der Waals surface area contributed by atoms with Gasteiger partial charge in [-0.3, -0.25) is 9.59 Å². The summed E-state index contributed by atoms with van der Waals surface area (Å²) in [4.78, 5) is 24.7. The Labute approximate surface area is 98.9 Å². The average Bonchev–Trinajstić information content (AvgIpc) is 2.92. The molecule has 1 aliphatic carbocycles. The SMILES string of the molecule is Cc1ccccc1N1CC2C(C(=O)O)C2C1=O. The fraction of sp³-hybridized carbons (Fsp3) is 0.385. The number of carboxylic acid groups (broad SMARTS) is 1. The predicted octanol–water partition coefficient (Wildman–Crippen LogP) is 1.29. The lowest BCUT2D eigenvalue weighted by Crippen LogP contribution is -2.31. The molecule has 3 unspecified atom stereocenters. The van der Waals surface area contributed by atoms with E-state index >= 15 is 0 Å². The van der Waals surface area contributed by atoms with Crippen molar-refractivity contribution in [1.29, 1.82) is 0 Å². The number of aliphatic carboxylic acids is 1. The maximum atomic E-state index is 12.1. The van der Waals surface area contributed by atoms with Crippen LogP contribution in [0.15, 0.2) is 24.3 Å². The van der Waals surface area contributed by atoms with Gasteiger partial charge >= 0.3 is 5.97 Å². The van der Waals surface area contributed by atoms with Crippen molar-refractivity contribution in [3.8, 4) is 0 Å². The van der Waals surface area contributed by atoms with Crippen molar-refractivity contribution in [3.63, 3.8) is 0 Å². The molecule has 1 saturated heterocycles. The van der Waals surface area contributed by atoms with Crippen LogP contribution in [0.1, 0.15) is 5.56 Å². The van der Waals surface area contributed by atoms with Gasteiger partial charge in [-0.25, -0.2) is 0 Å². The molecule has 1 N–H and O–H groups in total. The lowest BCUT2D eigenvalue weighted by molar-refractivity contribution is -0.140. The number of amides is 1. The number of anilines is 1. The van der Waals surface area contributed by atoms with Crippen molar-refractivity contribution in [2.45, 2.75) is 6.92 Å². The van der Waals surface area contributed by atoms with E-state index in [-0.39, 0.29) is 17.7 Å². The van der Waals surface area contributed by atoms with Crippen LogP contribution in [0, 0.1) is 24.7 Å². The summed E-state index contributed by atoms with van der Waals surface area (Å²) in [5.74, 6) is -1.58. The fourth-order valence-electron chi connectivity index (χ4n) is 2.84. The minimum atomic E-state index is -0.835. The highest BCUT2D eigenvalue weighted by molar-refractivity contribution is 6.04. The summed E-state index contributed by atoms with van der Waals surface area (Å²) in [5.41, 5.74) is 1.96. The summed E-state index contributed by atoms with van der Waals surface area (Å²) in [5, 5.41) is 8.92. The van der Waals surface area contributed by atoms with Gasteiger partial charge in [0.15, 0.2) is 0 Å². The number of nitrogens with zero attached hydrogens (tertiary/aromatic N) is 1. The molecule has 1 aromatic carbocycles. The number of carbonyl (C=O) groups excluding carboxylic acids is 1. The predicted molar refractivity (Wildman–Crippen MR) is 61.6 cm³/mol. The first kappa shape index (κ1) is 10.3. The van der Waals surface area contributed by atoms with Crippen LogP contribution in [-0.4, -0.2) is 23.5 Å². The van der Waals surface area contributed by atoms with Gasteiger partial charge in [0.1, 0.15) is 0 Å². The van der Waals surface area contributed by atoms with Gasteiger partial charge in [0.25, 0.3) is 0 Å². The Balaban J connectivity index is 1.85. The van der Waals surface area contributed by atoms with Gasteiger partial charge in [0, 0.05) is 18.2 Å². The normalized spacial score (nSPS) is 30.3. The number of piperidine rings is 1. The molecule has 4 nitrogen and oxygen atoms in total. The van der Waals surface area contributed by atoms with Crippen molar-refractivity contribution in [2.75, 3.05) is 11.4 Å². The molecule has 0 radical (unpaired) electrons. The van der Waals surface area contributed by atoms with Crippen LogP contribution in [0.3, 0.4) is 0 Å². The number of benzene rings is 1. The number of rotatable bonds is 2. The van der Waals surface area contributed by atoms with E-state index in [1.807, 2.05) is 31.2 Å². The van der Waals surface area contributed by atoms with Gasteiger partial charge < -0.3 is 10.0 Å². The summed E-state index contributed by atoms with van der Waals surface area (Å²) in [6.45, 7) is 2.51. The monoisotopic (exact) mass is 231 g/mol. The molecule has 1 aromatic rings. The van der Waals surface area contributed by atoms with Crippen molar-refractivity contribution in [2.24, 2.45) is 17.8 Å². The Morgan fingerprint density at radius 1 is 1.41 bits per heavy atom. The van der Waals surface area contributed by atoms with Crippen molar-refractivity contribution >= 4 is 17.6 Å². The van der Waals surface area contributed by atoms with Gasteiger partial charge in [0.2, 0.25) is 5.91 Å². The van der Waals surface area contributed by atoms with Gasteiger partial charge in [0.05, 0.1) is 11.8 Å². The lowest BCUT2D eigenvalue weighted by Gasteiger charge is -2.21. The van der Waals surface area contributed by atoms with E-state index in [0.29, 0.717) is 6.54 Å². The van der Waals surface area contributed by atoms with E-state index in [9.17, 15) is 9.59 Å². The Morgan fingerprint density at radius 3 is 2.65 bits per heavy atom. The molecular formula is C13H13NO3. The molecule has 0 aromatic heterocycles. The Kier molecular flexibility index (Phi) is 2.02. The van der Waals surface area contributed by atoms with E-state index < -0.39 is 11.9 Å². The van der Waals surface area contributed by atoms with E-state index in [4.69, 9.17) is 5.11 Å². The lowest BCUT2D eigenvalue weighted by atomic mass is 10.1. The van der Waals surface area contributed by atoms with Gasteiger partial charge in [-0.1, -0.05) is 18.2 Å². The molecule has 3 rings (SSSR count). The Hall–Kier alpha value is -1.84. The van der Waals surface area contributed by atoms with Gasteiger partial charge in [-0.2, -0.15) is 0 Å². The molecule has 0 bridgehead atoms. The molecule has 2 fully saturated rings. The van der Waals surface area contributed by atoms with Crippen LogP contribution in [0.2, 0.25) is 0 Å². The van der Waals surface area contributed by atoms with Crippen molar-refractivity contribution in [1.82, 2.24) is 0 Å². The van der Waals surface area contributed by atoms with E-state index in [0.717, 1.165) is 11.3 Å². The molecule has 88 valence electrons. The molecule has 1 amide bonds. The van der Waals surface area contributed by atoms with E-state index in [1.54, 1.807) is 4.90 Å². The third-order valence-corrected chi connectivity index (χ3v) is 3.80. The second kappa shape index (κ2) is 3.32. The Morgan fingerprint density at radius 2 is 2.12 bits per heavy atom. The zero-order valence-electron chi connectivity index (χ0n) is 9.46. The number of hydrogen-bond acceptors (Lipinski definition) is 2. The average molecular weight is 231 g/mol. The zero-order valence-corrected chi connectivity index (χ0v) is 9.46. The van der Waals surface area contributed by atoms with Crippen molar-refractivity contribution in [3.05, 3.63) is 29.8 Å². The number of fused-ring (bicyclic) bond motifs is 1. The molecule has 3 atom stereocenters. The summed E-state index contributed by atoms with van der Waals surface area (Å²) < 4.78 is 0. The molecule has 4 heteroatoms. The number of aryl methyl sites for hydroxylation is 1. The van der Waals surface area contributed by atoms with Gasteiger partial charge in [-0.05, 0) is 18.6 Å². The fourth-order valence-corrected chi connectivity index (χ4v) is 2.84. The Bertz CT molecular complexity index is 511. The van der Waals surface area contributed by atoms with E-state index in [2.05, 4.69) is 0 Å². The molecular weight excluding hydrogens is 218 g/mol. The molecule has 1 aliphatic heterocycles.